The number of benzene rings is 1. The summed E-state index contributed by atoms with van der Waals surface area (Å²) in [5.41, 5.74) is 0.727. The fraction of sp³-hybridized carbons (Fsp3) is 0.571. The van der Waals surface area contributed by atoms with E-state index in [9.17, 15) is 18.5 Å². The number of anilines is 1. The van der Waals surface area contributed by atoms with Gasteiger partial charge in [0.1, 0.15) is 5.69 Å². The van der Waals surface area contributed by atoms with Crippen molar-refractivity contribution in [3.05, 3.63) is 34.4 Å². The predicted octanol–water partition coefficient (Wildman–Crippen LogP) is 1.60. The first-order valence-electron chi connectivity index (χ1n) is 7.47. The van der Waals surface area contributed by atoms with Crippen molar-refractivity contribution in [2.75, 3.05) is 30.3 Å². The minimum Gasteiger partial charge on any atom is -0.366 e. The number of piperidine rings is 1. The number of rotatable bonds is 3. The number of nitro groups is 1. The Balaban J connectivity index is 1.71. The molecule has 2 fully saturated rings. The molecule has 0 aliphatic carbocycles. The van der Waals surface area contributed by atoms with Gasteiger partial charge in [0.25, 0.3) is 5.69 Å². The van der Waals surface area contributed by atoms with Gasteiger partial charge in [-0.15, -0.1) is 0 Å². The zero-order valence-electron chi connectivity index (χ0n) is 12.2. The molecule has 7 nitrogen and oxygen atoms in total. The molecule has 0 N–H and O–H groups in total. The van der Waals surface area contributed by atoms with E-state index < -0.39 is 10.0 Å². The second kappa shape index (κ2) is 5.85. The number of sulfonamides is 1. The first-order chi connectivity index (χ1) is 10.5. The summed E-state index contributed by atoms with van der Waals surface area (Å²) in [7, 11) is -3.08. The lowest BCUT2D eigenvalue weighted by molar-refractivity contribution is -0.384. The molecule has 2 aliphatic rings. The highest BCUT2D eigenvalue weighted by Gasteiger charge is 2.36. The van der Waals surface area contributed by atoms with Crippen molar-refractivity contribution >= 4 is 21.4 Å². The highest BCUT2D eigenvalue weighted by molar-refractivity contribution is 7.89. The SMILES string of the molecule is O=[N+]([O-])c1ccccc1N1CCC(N2CCCS2(=O)=O)CC1. The Morgan fingerprint density at radius 3 is 2.41 bits per heavy atom. The molecule has 0 bridgehead atoms. The van der Waals surface area contributed by atoms with Crippen LogP contribution in [0.5, 0.6) is 0 Å². The van der Waals surface area contributed by atoms with Crippen LogP contribution >= 0.6 is 0 Å². The summed E-state index contributed by atoms with van der Waals surface area (Å²) in [6.45, 7) is 1.89. The molecule has 0 amide bonds. The van der Waals surface area contributed by atoms with Crippen LogP contribution in [0.25, 0.3) is 0 Å². The third-order valence-corrected chi connectivity index (χ3v) is 6.43. The molecular formula is C14H19N3O4S. The molecule has 22 heavy (non-hydrogen) atoms. The van der Waals surface area contributed by atoms with Crippen LogP contribution in [0.2, 0.25) is 0 Å². The van der Waals surface area contributed by atoms with E-state index >= 15 is 0 Å². The van der Waals surface area contributed by atoms with Gasteiger partial charge in [0, 0.05) is 31.7 Å². The average Bonchev–Trinajstić information content (AvgIpc) is 2.87. The van der Waals surface area contributed by atoms with Crippen molar-refractivity contribution in [3.63, 3.8) is 0 Å². The van der Waals surface area contributed by atoms with Crippen molar-refractivity contribution < 1.29 is 13.3 Å². The van der Waals surface area contributed by atoms with Crippen molar-refractivity contribution in [1.29, 1.82) is 0 Å². The van der Waals surface area contributed by atoms with Crippen LogP contribution in [0.1, 0.15) is 19.3 Å². The molecule has 3 rings (SSSR count). The predicted molar refractivity (Wildman–Crippen MR) is 83.4 cm³/mol. The molecule has 120 valence electrons. The molecule has 1 aromatic carbocycles. The molecule has 0 unspecified atom stereocenters. The summed E-state index contributed by atoms with van der Waals surface area (Å²) < 4.78 is 25.6. The summed E-state index contributed by atoms with van der Waals surface area (Å²) in [4.78, 5) is 12.7. The maximum absolute atomic E-state index is 12.0. The van der Waals surface area contributed by atoms with Crippen molar-refractivity contribution in [2.24, 2.45) is 0 Å². The van der Waals surface area contributed by atoms with Crippen molar-refractivity contribution in [1.82, 2.24) is 4.31 Å². The van der Waals surface area contributed by atoms with Crippen LogP contribution in [0, 0.1) is 10.1 Å². The second-order valence-electron chi connectivity index (χ2n) is 5.74. The summed E-state index contributed by atoms with van der Waals surface area (Å²) in [5.74, 6) is 0.247. The van der Waals surface area contributed by atoms with E-state index in [1.165, 1.54) is 6.07 Å². The third-order valence-electron chi connectivity index (χ3n) is 4.43. The highest BCUT2D eigenvalue weighted by atomic mass is 32.2. The van der Waals surface area contributed by atoms with Crippen LogP contribution in [0.4, 0.5) is 11.4 Å². The lowest BCUT2D eigenvalue weighted by Crippen LogP contribution is -2.45. The van der Waals surface area contributed by atoms with Gasteiger partial charge in [-0.05, 0) is 25.3 Å². The minimum absolute atomic E-state index is 0.0338. The fourth-order valence-corrected chi connectivity index (χ4v) is 5.15. The van der Waals surface area contributed by atoms with E-state index in [2.05, 4.69) is 0 Å². The van der Waals surface area contributed by atoms with Gasteiger partial charge in [-0.3, -0.25) is 10.1 Å². The van der Waals surface area contributed by atoms with Crippen LogP contribution in [0.15, 0.2) is 24.3 Å². The quantitative estimate of drug-likeness (QED) is 0.622. The number of hydrogen-bond acceptors (Lipinski definition) is 5. The number of hydrogen-bond donors (Lipinski definition) is 0. The van der Waals surface area contributed by atoms with Gasteiger partial charge in [0.2, 0.25) is 10.0 Å². The monoisotopic (exact) mass is 325 g/mol. The Kier molecular flexibility index (Phi) is 4.05. The lowest BCUT2D eigenvalue weighted by atomic mass is 10.0. The first-order valence-corrected chi connectivity index (χ1v) is 9.08. The van der Waals surface area contributed by atoms with Gasteiger partial charge in [0.15, 0.2) is 0 Å². The van der Waals surface area contributed by atoms with Gasteiger partial charge in [-0.2, -0.15) is 4.31 Å². The van der Waals surface area contributed by atoms with E-state index in [0.29, 0.717) is 44.6 Å². The summed E-state index contributed by atoms with van der Waals surface area (Å²) in [6, 6.07) is 6.74. The molecule has 0 aromatic heterocycles. The van der Waals surface area contributed by atoms with E-state index in [1.54, 1.807) is 22.5 Å². The molecule has 2 heterocycles. The minimum atomic E-state index is -3.08. The van der Waals surface area contributed by atoms with E-state index in [-0.39, 0.29) is 22.4 Å². The van der Waals surface area contributed by atoms with Crippen LogP contribution < -0.4 is 4.90 Å². The summed E-state index contributed by atoms with van der Waals surface area (Å²) in [6.07, 6.45) is 2.13. The molecule has 2 aliphatic heterocycles. The maximum atomic E-state index is 12.0. The summed E-state index contributed by atoms with van der Waals surface area (Å²) in [5, 5.41) is 11.1. The van der Waals surface area contributed by atoms with Crippen molar-refractivity contribution in [3.8, 4) is 0 Å². The van der Waals surface area contributed by atoms with Crippen molar-refractivity contribution in [2.45, 2.75) is 25.3 Å². The van der Waals surface area contributed by atoms with E-state index in [1.807, 2.05) is 4.90 Å². The van der Waals surface area contributed by atoms with Gasteiger partial charge < -0.3 is 4.90 Å². The Morgan fingerprint density at radius 1 is 1.14 bits per heavy atom. The van der Waals surface area contributed by atoms with Crippen LogP contribution in [-0.2, 0) is 10.0 Å². The Hall–Kier alpha value is -1.67. The Bertz CT molecular complexity index is 668. The molecule has 0 atom stereocenters. The summed E-state index contributed by atoms with van der Waals surface area (Å²) >= 11 is 0. The normalized spacial score (nSPS) is 22.8. The Labute approximate surface area is 129 Å². The van der Waals surface area contributed by atoms with Gasteiger partial charge in [-0.25, -0.2) is 8.42 Å². The molecule has 0 radical (unpaired) electrons. The molecule has 8 heteroatoms. The van der Waals surface area contributed by atoms with Crippen LogP contribution in [-0.4, -0.2) is 49.1 Å². The number of nitro benzene ring substituents is 1. The highest BCUT2D eigenvalue weighted by Crippen LogP contribution is 2.32. The van der Waals surface area contributed by atoms with E-state index in [0.717, 1.165) is 0 Å². The lowest BCUT2D eigenvalue weighted by Gasteiger charge is -2.36. The van der Waals surface area contributed by atoms with Gasteiger partial charge in [0.05, 0.1) is 10.7 Å². The second-order valence-corrected chi connectivity index (χ2v) is 7.79. The topological polar surface area (TPSA) is 83.8 Å². The number of para-hydroxylation sites is 2. The zero-order chi connectivity index (χ0) is 15.7. The maximum Gasteiger partial charge on any atom is 0.292 e. The average molecular weight is 325 g/mol. The third kappa shape index (κ3) is 2.80. The first kappa shape index (κ1) is 15.2. The molecule has 0 saturated carbocycles. The largest absolute Gasteiger partial charge is 0.366 e. The molecule has 1 aromatic rings. The molecule has 0 spiro atoms. The Morgan fingerprint density at radius 2 is 1.82 bits per heavy atom. The van der Waals surface area contributed by atoms with Gasteiger partial charge in [-0.1, -0.05) is 12.1 Å². The molecular weight excluding hydrogens is 306 g/mol. The standard InChI is InChI=1S/C14H19N3O4S/c18-17(19)14-5-2-1-4-13(14)15-9-6-12(7-10-15)16-8-3-11-22(16,20)21/h1-2,4-5,12H,3,6-11H2. The van der Waals surface area contributed by atoms with E-state index in [4.69, 9.17) is 0 Å². The molecule has 2 saturated heterocycles. The smallest absolute Gasteiger partial charge is 0.292 e. The fourth-order valence-electron chi connectivity index (χ4n) is 3.35. The van der Waals surface area contributed by atoms with Crippen LogP contribution in [0.3, 0.4) is 0 Å². The van der Waals surface area contributed by atoms with Gasteiger partial charge >= 0.3 is 0 Å². The number of nitrogens with zero attached hydrogens (tertiary/aromatic N) is 3. The zero-order valence-corrected chi connectivity index (χ0v) is 13.0.